The summed E-state index contributed by atoms with van der Waals surface area (Å²) in [4.78, 5) is 24.9. The maximum Gasteiger partial charge on any atom is 0.274 e. The molecule has 0 fully saturated rings. The highest BCUT2D eigenvalue weighted by Crippen LogP contribution is 2.24. The van der Waals surface area contributed by atoms with Crippen LogP contribution in [0.5, 0.6) is 0 Å². The summed E-state index contributed by atoms with van der Waals surface area (Å²) in [5, 5.41) is 3.28. The third kappa shape index (κ3) is 4.50. The zero-order valence-corrected chi connectivity index (χ0v) is 16.4. The van der Waals surface area contributed by atoms with E-state index in [-0.39, 0.29) is 5.91 Å². The van der Waals surface area contributed by atoms with E-state index in [2.05, 4.69) is 59.2 Å². The monoisotopic (exact) mass is 355 g/mol. The van der Waals surface area contributed by atoms with Gasteiger partial charge in [-0.15, -0.1) is 0 Å². The second-order valence-corrected chi connectivity index (χ2v) is 6.06. The van der Waals surface area contributed by atoms with Crippen molar-refractivity contribution in [2.75, 3.05) is 36.4 Å². The SMILES string of the molecule is CCN(CC)C(=O)c1cnc(Nc2ccc(N(CC)CC)cc2C)cn1. The van der Waals surface area contributed by atoms with Crippen molar-refractivity contribution in [3.8, 4) is 0 Å². The fourth-order valence-electron chi connectivity index (χ4n) is 2.89. The highest BCUT2D eigenvalue weighted by atomic mass is 16.2. The van der Waals surface area contributed by atoms with Gasteiger partial charge in [-0.05, 0) is 58.4 Å². The molecule has 0 saturated heterocycles. The summed E-state index contributed by atoms with van der Waals surface area (Å²) >= 11 is 0. The van der Waals surface area contributed by atoms with E-state index in [9.17, 15) is 4.79 Å². The van der Waals surface area contributed by atoms with Crippen LogP contribution in [0.1, 0.15) is 43.7 Å². The topological polar surface area (TPSA) is 61.4 Å². The number of amides is 1. The van der Waals surface area contributed by atoms with Crippen molar-refractivity contribution in [2.24, 2.45) is 0 Å². The standard InChI is InChI=1S/C20H29N5O/c1-6-24(7-2)16-10-11-17(15(5)12-16)23-19-14-21-18(13-22-19)20(26)25(8-3)9-4/h10-14H,6-9H2,1-5H3,(H,22,23). The molecule has 1 aromatic carbocycles. The number of hydrogen-bond donors (Lipinski definition) is 1. The molecule has 2 rings (SSSR count). The van der Waals surface area contributed by atoms with Gasteiger partial charge in [0, 0.05) is 37.6 Å². The van der Waals surface area contributed by atoms with Crippen LogP contribution < -0.4 is 10.2 Å². The Kier molecular flexibility index (Phi) is 6.95. The minimum Gasteiger partial charge on any atom is -0.372 e. The molecule has 2 aromatic rings. The van der Waals surface area contributed by atoms with Gasteiger partial charge in [-0.25, -0.2) is 9.97 Å². The Morgan fingerprint density at radius 1 is 1.00 bits per heavy atom. The second-order valence-electron chi connectivity index (χ2n) is 6.06. The van der Waals surface area contributed by atoms with Crippen molar-refractivity contribution in [3.05, 3.63) is 41.9 Å². The van der Waals surface area contributed by atoms with E-state index in [0.717, 1.165) is 24.3 Å². The minimum atomic E-state index is -0.0891. The fraction of sp³-hybridized carbons (Fsp3) is 0.450. The smallest absolute Gasteiger partial charge is 0.274 e. The third-order valence-electron chi connectivity index (χ3n) is 4.52. The van der Waals surface area contributed by atoms with Crippen LogP contribution in [0.15, 0.2) is 30.6 Å². The lowest BCUT2D eigenvalue weighted by molar-refractivity contribution is 0.0766. The average Bonchev–Trinajstić information content (AvgIpc) is 2.66. The first kappa shape index (κ1) is 19.7. The van der Waals surface area contributed by atoms with E-state index in [0.29, 0.717) is 24.6 Å². The van der Waals surface area contributed by atoms with Gasteiger partial charge in [-0.3, -0.25) is 4.79 Å². The highest BCUT2D eigenvalue weighted by molar-refractivity contribution is 5.92. The van der Waals surface area contributed by atoms with Gasteiger partial charge in [0.1, 0.15) is 11.5 Å². The van der Waals surface area contributed by atoms with Crippen LogP contribution in [0.4, 0.5) is 17.2 Å². The number of nitrogens with one attached hydrogen (secondary N) is 1. The predicted molar refractivity (Wildman–Crippen MR) is 107 cm³/mol. The summed E-state index contributed by atoms with van der Waals surface area (Å²) in [5.41, 5.74) is 3.70. The van der Waals surface area contributed by atoms with Crippen molar-refractivity contribution in [2.45, 2.75) is 34.6 Å². The van der Waals surface area contributed by atoms with E-state index in [1.54, 1.807) is 11.1 Å². The largest absolute Gasteiger partial charge is 0.372 e. The summed E-state index contributed by atoms with van der Waals surface area (Å²) in [6.07, 6.45) is 3.14. The van der Waals surface area contributed by atoms with E-state index in [4.69, 9.17) is 0 Å². The summed E-state index contributed by atoms with van der Waals surface area (Å²) in [5.74, 6) is 0.536. The van der Waals surface area contributed by atoms with Gasteiger partial charge < -0.3 is 15.1 Å². The number of benzene rings is 1. The summed E-state index contributed by atoms with van der Waals surface area (Å²) in [6, 6.07) is 6.33. The lowest BCUT2D eigenvalue weighted by Gasteiger charge is -2.22. The molecule has 1 heterocycles. The molecular formula is C20H29N5O. The van der Waals surface area contributed by atoms with Crippen molar-refractivity contribution in [1.82, 2.24) is 14.9 Å². The molecule has 0 unspecified atom stereocenters. The highest BCUT2D eigenvalue weighted by Gasteiger charge is 2.14. The van der Waals surface area contributed by atoms with Crippen LogP contribution in [0.2, 0.25) is 0 Å². The molecule has 6 heteroatoms. The van der Waals surface area contributed by atoms with Crippen molar-refractivity contribution in [1.29, 1.82) is 0 Å². The first-order valence-corrected chi connectivity index (χ1v) is 9.27. The number of rotatable bonds is 8. The molecule has 0 saturated carbocycles. The van der Waals surface area contributed by atoms with Crippen LogP contribution in [0.25, 0.3) is 0 Å². The van der Waals surface area contributed by atoms with Crippen LogP contribution >= 0.6 is 0 Å². The molecule has 0 aliphatic rings. The average molecular weight is 355 g/mol. The lowest BCUT2D eigenvalue weighted by atomic mass is 10.1. The van der Waals surface area contributed by atoms with E-state index in [1.807, 2.05) is 13.8 Å². The van der Waals surface area contributed by atoms with Gasteiger partial charge in [-0.2, -0.15) is 0 Å². The van der Waals surface area contributed by atoms with Gasteiger partial charge in [0.05, 0.1) is 12.4 Å². The minimum absolute atomic E-state index is 0.0891. The van der Waals surface area contributed by atoms with Crippen molar-refractivity contribution >= 4 is 23.1 Å². The Bertz CT molecular complexity index is 721. The van der Waals surface area contributed by atoms with Gasteiger partial charge in [0.15, 0.2) is 0 Å². The Morgan fingerprint density at radius 2 is 1.69 bits per heavy atom. The van der Waals surface area contributed by atoms with E-state index < -0.39 is 0 Å². The molecule has 1 aromatic heterocycles. The fourth-order valence-corrected chi connectivity index (χ4v) is 2.89. The second kappa shape index (κ2) is 9.17. The van der Waals surface area contributed by atoms with E-state index in [1.165, 1.54) is 11.9 Å². The summed E-state index contributed by atoms with van der Waals surface area (Å²) in [7, 11) is 0. The van der Waals surface area contributed by atoms with E-state index >= 15 is 0 Å². The maximum absolute atomic E-state index is 12.3. The zero-order chi connectivity index (χ0) is 19.1. The molecule has 26 heavy (non-hydrogen) atoms. The molecule has 6 nitrogen and oxygen atoms in total. The molecule has 0 atom stereocenters. The first-order chi connectivity index (χ1) is 12.5. The molecule has 1 N–H and O–H groups in total. The van der Waals surface area contributed by atoms with Crippen molar-refractivity contribution in [3.63, 3.8) is 0 Å². The number of carbonyl (C=O) groups is 1. The number of nitrogens with zero attached hydrogens (tertiary/aromatic N) is 4. The molecule has 0 aliphatic carbocycles. The molecule has 0 aliphatic heterocycles. The molecular weight excluding hydrogens is 326 g/mol. The summed E-state index contributed by atoms with van der Waals surface area (Å²) < 4.78 is 0. The lowest BCUT2D eigenvalue weighted by Crippen LogP contribution is -2.31. The number of aromatic nitrogens is 2. The molecule has 0 bridgehead atoms. The van der Waals surface area contributed by atoms with Crippen LogP contribution in [-0.2, 0) is 0 Å². The molecule has 140 valence electrons. The quantitative estimate of drug-likeness (QED) is 0.779. The molecule has 0 spiro atoms. The Balaban J connectivity index is 2.13. The predicted octanol–water partition coefficient (Wildman–Crippen LogP) is 3.86. The molecule has 1 amide bonds. The Labute approximate surface area is 156 Å². The summed E-state index contributed by atoms with van der Waals surface area (Å²) in [6.45, 7) is 13.6. The Hall–Kier alpha value is -2.63. The van der Waals surface area contributed by atoms with Crippen molar-refractivity contribution < 1.29 is 4.79 Å². The van der Waals surface area contributed by atoms with Gasteiger partial charge in [0.2, 0.25) is 0 Å². The molecule has 0 radical (unpaired) electrons. The van der Waals surface area contributed by atoms with Crippen LogP contribution in [0, 0.1) is 6.92 Å². The van der Waals surface area contributed by atoms with Crippen LogP contribution in [0.3, 0.4) is 0 Å². The zero-order valence-electron chi connectivity index (χ0n) is 16.4. The normalized spacial score (nSPS) is 10.5. The van der Waals surface area contributed by atoms with Crippen LogP contribution in [-0.4, -0.2) is 47.0 Å². The number of hydrogen-bond acceptors (Lipinski definition) is 5. The third-order valence-corrected chi connectivity index (χ3v) is 4.52. The number of anilines is 3. The Morgan fingerprint density at radius 3 is 2.19 bits per heavy atom. The first-order valence-electron chi connectivity index (χ1n) is 9.27. The van der Waals surface area contributed by atoms with Gasteiger partial charge in [0.25, 0.3) is 5.91 Å². The number of aryl methyl sites for hydroxylation is 1. The maximum atomic E-state index is 12.3. The van der Waals surface area contributed by atoms with Gasteiger partial charge in [-0.1, -0.05) is 0 Å². The number of carbonyl (C=O) groups excluding carboxylic acids is 1. The van der Waals surface area contributed by atoms with Gasteiger partial charge >= 0.3 is 0 Å².